The van der Waals surface area contributed by atoms with Gasteiger partial charge < -0.3 is 14.6 Å². The molecule has 0 spiro atoms. The molecule has 152 valence electrons. The van der Waals surface area contributed by atoms with Crippen LogP contribution in [0.2, 0.25) is 5.02 Å². The number of halogens is 1. The Morgan fingerprint density at radius 3 is 2.47 bits per heavy atom. The number of aromatic hydroxyl groups is 1. The van der Waals surface area contributed by atoms with Gasteiger partial charge in [-0.3, -0.25) is 4.79 Å². The fraction of sp³-hybridized carbons (Fsp3) is 0.0455. The minimum absolute atomic E-state index is 0.0671. The second-order valence-corrected chi connectivity index (χ2v) is 6.43. The number of esters is 1. The highest BCUT2D eigenvalue weighted by Crippen LogP contribution is 2.29. The summed E-state index contributed by atoms with van der Waals surface area (Å²) in [5.74, 6) is -0.445. The van der Waals surface area contributed by atoms with Crippen LogP contribution in [-0.4, -0.2) is 30.3 Å². The lowest BCUT2D eigenvalue weighted by Gasteiger charge is -2.10. The van der Waals surface area contributed by atoms with E-state index < -0.39 is 11.9 Å². The number of nitrogens with zero attached hydrogens (tertiary/aromatic N) is 1. The first kappa shape index (κ1) is 20.9. The van der Waals surface area contributed by atoms with Gasteiger partial charge in [-0.05, 0) is 60.2 Å². The third-order valence-corrected chi connectivity index (χ3v) is 4.32. The molecule has 0 aromatic heterocycles. The largest absolute Gasteiger partial charge is 0.508 e. The van der Waals surface area contributed by atoms with Crippen LogP contribution in [0, 0.1) is 0 Å². The van der Waals surface area contributed by atoms with Crippen LogP contribution < -0.4 is 14.9 Å². The van der Waals surface area contributed by atoms with Crippen LogP contribution >= 0.6 is 11.6 Å². The van der Waals surface area contributed by atoms with Gasteiger partial charge >= 0.3 is 5.97 Å². The number of benzene rings is 3. The Morgan fingerprint density at radius 2 is 1.77 bits per heavy atom. The van der Waals surface area contributed by atoms with Gasteiger partial charge in [0, 0.05) is 5.56 Å². The van der Waals surface area contributed by atoms with Gasteiger partial charge in [0.1, 0.15) is 5.75 Å². The number of rotatable bonds is 6. The number of nitrogens with one attached hydrogen (secondary N) is 1. The van der Waals surface area contributed by atoms with Gasteiger partial charge in [0.05, 0.1) is 23.9 Å². The Bertz CT molecular complexity index is 1100. The Hall–Kier alpha value is -3.84. The van der Waals surface area contributed by atoms with Crippen molar-refractivity contribution in [2.24, 2.45) is 5.10 Å². The van der Waals surface area contributed by atoms with Crippen molar-refractivity contribution in [1.29, 1.82) is 0 Å². The van der Waals surface area contributed by atoms with E-state index in [0.717, 1.165) is 0 Å². The molecule has 0 radical (unpaired) electrons. The molecule has 2 N–H and O–H groups in total. The van der Waals surface area contributed by atoms with Crippen LogP contribution in [0.15, 0.2) is 71.8 Å². The summed E-state index contributed by atoms with van der Waals surface area (Å²) in [6, 6.07) is 17.1. The molecule has 0 aliphatic heterocycles. The smallest absolute Gasteiger partial charge is 0.345 e. The van der Waals surface area contributed by atoms with E-state index >= 15 is 0 Å². The van der Waals surface area contributed by atoms with Gasteiger partial charge in [-0.15, -0.1) is 0 Å². The zero-order valence-corrected chi connectivity index (χ0v) is 16.6. The number of hydrogen-bond acceptors (Lipinski definition) is 6. The quantitative estimate of drug-likeness (QED) is 0.269. The molecular formula is C22H17ClN2O5. The number of hydrogen-bond donors (Lipinski definition) is 2. The number of phenolic OH excluding ortho intramolecular Hbond substituents is 1. The maximum atomic E-state index is 12.3. The second kappa shape index (κ2) is 9.58. The monoisotopic (exact) mass is 424 g/mol. The van der Waals surface area contributed by atoms with E-state index in [1.165, 1.54) is 37.6 Å². The van der Waals surface area contributed by atoms with E-state index in [4.69, 9.17) is 21.1 Å². The van der Waals surface area contributed by atoms with Gasteiger partial charge in [-0.1, -0.05) is 23.7 Å². The molecule has 0 aliphatic carbocycles. The summed E-state index contributed by atoms with van der Waals surface area (Å²) in [6.45, 7) is 0. The summed E-state index contributed by atoms with van der Waals surface area (Å²) in [5, 5.41) is 13.4. The number of methoxy groups -OCH3 is 1. The van der Waals surface area contributed by atoms with Crippen molar-refractivity contribution < 1.29 is 24.2 Å². The minimum Gasteiger partial charge on any atom is -0.508 e. The van der Waals surface area contributed by atoms with E-state index in [2.05, 4.69) is 10.5 Å². The standard InChI is InChI=1S/C22H17ClN2O5/c1-29-20-12-14(13-24-25-21(27)15-7-9-16(26)10-8-15)6-11-19(20)30-22(28)17-4-2-3-5-18(17)23/h2-13,26H,1H3,(H,25,27). The average Bonchev–Trinajstić information content (AvgIpc) is 2.75. The molecule has 1 amide bonds. The summed E-state index contributed by atoms with van der Waals surface area (Å²) in [5.41, 5.74) is 3.58. The van der Waals surface area contributed by atoms with E-state index in [9.17, 15) is 14.7 Å². The van der Waals surface area contributed by atoms with Crippen LogP contribution in [0.3, 0.4) is 0 Å². The molecular weight excluding hydrogens is 408 g/mol. The van der Waals surface area contributed by atoms with Crippen LogP contribution in [0.25, 0.3) is 0 Å². The number of ether oxygens (including phenoxy) is 2. The molecule has 0 saturated carbocycles. The van der Waals surface area contributed by atoms with Crippen molar-refractivity contribution in [3.8, 4) is 17.2 Å². The lowest BCUT2D eigenvalue weighted by molar-refractivity contribution is 0.0729. The van der Waals surface area contributed by atoms with Crippen LogP contribution in [0.4, 0.5) is 0 Å². The predicted octanol–water partition coefficient (Wildman–Crippen LogP) is 4.04. The molecule has 3 rings (SSSR count). The van der Waals surface area contributed by atoms with E-state index in [1.807, 2.05) is 0 Å². The van der Waals surface area contributed by atoms with Gasteiger partial charge in [0.25, 0.3) is 5.91 Å². The van der Waals surface area contributed by atoms with E-state index in [0.29, 0.717) is 16.9 Å². The van der Waals surface area contributed by atoms with E-state index in [-0.39, 0.29) is 22.1 Å². The number of amides is 1. The third-order valence-electron chi connectivity index (χ3n) is 3.99. The van der Waals surface area contributed by atoms with Crippen LogP contribution in [0.5, 0.6) is 17.2 Å². The maximum absolute atomic E-state index is 12.3. The average molecular weight is 425 g/mol. The Morgan fingerprint density at radius 1 is 1.03 bits per heavy atom. The van der Waals surface area contributed by atoms with Crippen molar-refractivity contribution >= 4 is 29.7 Å². The first-order chi connectivity index (χ1) is 14.5. The molecule has 0 heterocycles. The third kappa shape index (κ3) is 5.15. The van der Waals surface area contributed by atoms with Gasteiger partial charge in [0.15, 0.2) is 11.5 Å². The fourth-order valence-corrected chi connectivity index (χ4v) is 2.69. The van der Waals surface area contributed by atoms with Crippen LogP contribution in [0.1, 0.15) is 26.3 Å². The van der Waals surface area contributed by atoms with Gasteiger partial charge in [-0.2, -0.15) is 5.10 Å². The molecule has 0 aliphatic rings. The first-order valence-electron chi connectivity index (χ1n) is 8.75. The molecule has 3 aromatic rings. The fourth-order valence-electron chi connectivity index (χ4n) is 2.47. The second-order valence-electron chi connectivity index (χ2n) is 6.03. The summed E-state index contributed by atoms with van der Waals surface area (Å²) < 4.78 is 10.7. The Balaban J connectivity index is 1.68. The topological polar surface area (TPSA) is 97.2 Å². The summed E-state index contributed by atoms with van der Waals surface area (Å²) in [6.07, 6.45) is 1.42. The zero-order chi connectivity index (χ0) is 21.5. The predicted molar refractivity (Wildman–Crippen MR) is 113 cm³/mol. The molecule has 0 bridgehead atoms. The number of carbonyl (C=O) groups excluding carboxylic acids is 2. The molecule has 30 heavy (non-hydrogen) atoms. The van der Waals surface area contributed by atoms with Crippen molar-refractivity contribution in [2.75, 3.05) is 7.11 Å². The highest BCUT2D eigenvalue weighted by Gasteiger charge is 2.15. The maximum Gasteiger partial charge on any atom is 0.345 e. The number of carbonyl (C=O) groups is 2. The lowest BCUT2D eigenvalue weighted by atomic mass is 10.2. The molecule has 3 aromatic carbocycles. The highest BCUT2D eigenvalue weighted by molar-refractivity contribution is 6.33. The lowest BCUT2D eigenvalue weighted by Crippen LogP contribution is -2.17. The Labute approximate surface area is 177 Å². The van der Waals surface area contributed by atoms with Gasteiger partial charge in [0.2, 0.25) is 0 Å². The molecule has 0 saturated heterocycles. The molecule has 7 nitrogen and oxygen atoms in total. The normalized spacial score (nSPS) is 10.6. The minimum atomic E-state index is -0.610. The van der Waals surface area contributed by atoms with Crippen LogP contribution in [-0.2, 0) is 0 Å². The van der Waals surface area contributed by atoms with E-state index in [1.54, 1.807) is 42.5 Å². The van der Waals surface area contributed by atoms with Crippen molar-refractivity contribution in [3.63, 3.8) is 0 Å². The molecule has 8 heteroatoms. The zero-order valence-electron chi connectivity index (χ0n) is 15.8. The van der Waals surface area contributed by atoms with Gasteiger partial charge in [-0.25, -0.2) is 10.2 Å². The molecule has 0 unspecified atom stereocenters. The Kier molecular flexibility index (Phi) is 6.67. The SMILES string of the molecule is COc1cc(C=NNC(=O)c2ccc(O)cc2)ccc1OC(=O)c1ccccc1Cl. The first-order valence-corrected chi connectivity index (χ1v) is 9.13. The highest BCUT2D eigenvalue weighted by atomic mass is 35.5. The summed E-state index contributed by atoms with van der Waals surface area (Å²) in [7, 11) is 1.44. The summed E-state index contributed by atoms with van der Waals surface area (Å²) in [4.78, 5) is 24.3. The summed E-state index contributed by atoms with van der Waals surface area (Å²) >= 11 is 6.02. The number of hydrazone groups is 1. The van der Waals surface area contributed by atoms with Crippen molar-refractivity contribution in [2.45, 2.75) is 0 Å². The van der Waals surface area contributed by atoms with Crippen molar-refractivity contribution in [1.82, 2.24) is 5.43 Å². The van der Waals surface area contributed by atoms with Crippen molar-refractivity contribution in [3.05, 3.63) is 88.4 Å². The molecule has 0 atom stereocenters. The number of phenols is 1. The molecule has 0 fully saturated rings.